The van der Waals surface area contributed by atoms with E-state index >= 15 is 0 Å². The van der Waals surface area contributed by atoms with Crippen LogP contribution >= 0.6 is 35.6 Å². The monoisotopic (exact) mass is 458 g/mol. The van der Waals surface area contributed by atoms with Crippen LogP contribution in [0.15, 0.2) is 36.4 Å². The summed E-state index contributed by atoms with van der Waals surface area (Å²) in [5, 5.41) is 0.927. The van der Waals surface area contributed by atoms with Crippen LogP contribution in [0.5, 0.6) is 17.2 Å². The normalized spacial score (nSPS) is 15.7. The fourth-order valence-corrected chi connectivity index (χ4v) is 3.74. The maximum atomic E-state index is 12.4. The van der Waals surface area contributed by atoms with Crippen molar-refractivity contribution in [3.8, 4) is 17.2 Å². The third-order valence-corrected chi connectivity index (χ3v) is 5.34. The second-order valence-corrected chi connectivity index (χ2v) is 7.55. The molecule has 0 spiro atoms. The number of hydrogen-bond donors (Lipinski definition) is 0. The lowest BCUT2D eigenvalue weighted by Gasteiger charge is -2.34. The van der Waals surface area contributed by atoms with Crippen molar-refractivity contribution in [1.82, 2.24) is 9.80 Å². The molecular weight excluding hydrogens is 439 g/mol. The fraction of sp³-hybridized carbons (Fsp3) is 0.350. The van der Waals surface area contributed by atoms with Gasteiger partial charge in [-0.25, -0.2) is 0 Å². The number of carbonyl (C=O) groups excluding carboxylic acids is 1. The Hall–Kier alpha value is -1.86. The minimum absolute atomic E-state index is 0. The Morgan fingerprint density at radius 2 is 1.76 bits per heavy atom. The Balaban J connectivity index is 0.00000240. The zero-order valence-electron chi connectivity index (χ0n) is 15.6. The molecular formula is C20H21Cl3N2O4. The molecule has 1 amide bonds. The first kappa shape index (κ1) is 21.8. The van der Waals surface area contributed by atoms with Gasteiger partial charge in [-0.3, -0.25) is 9.69 Å². The van der Waals surface area contributed by atoms with Crippen molar-refractivity contribution in [3.05, 3.63) is 52.0 Å². The highest BCUT2D eigenvalue weighted by atomic mass is 35.5. The van der Waals surface area contributed by atoms with Crippen molar-refractivity contribution in [2.45, 2.75) is 6.54 Å². The number of benzene rings is 2. The van der Waals surface area contributed by atoms with Crippen LogP contribution in [-0.4, -0.2) is 55.3 Å². The van der Waals surface area contributed by atoms with Crippen LogP contribution in [0.4, 0.5) is 0 Å². The Kier molecular flexibility index (Phi) is 7.35. The van der Waals surface area contributed by atoms with Gasteiger partial charge in [-0.2, -0.15) is 0 Å². The van der Waals surface area contributed by atoms with Gasteiger partial charge in [0, 0.05) is 37.7 Å². The first-order chi connectivity index (χ1) is 13.6. The van der Waals surface area contributed by atoms with Crippen LogP contribution in [0.25, 0.3) is 0 Å². The average Bonchev–Trinajstić information content (AvgIpc) is 3.15. The molecule has 0 bridgehead atoms. The molecule has 2 aromatic rings. The highest BCUT2D eigenvalue weighted by Crippen LogP contribution is 2.33. The van der Waals surface area contributed by atoms with Gasteiger partial charge >= 0.3 is 0 Å². The van der Waals surface area contributed by atoms with E-state index in [4.69, 9.17) is 37.4 Å². The molecule has 2 aromatic carbocycles. The molecule has 0 aliphatic carbocycles. The van der Waals surface area contributed by atoms with Crippen molar-refractivity contribution in [2.75, 3.05) is 39.6 Å². The van der Waals surface area contributed by atoms with Crippen LogP contribution in [-0.2, 0) is 11.3 Å². The molecule has 0 radical (unpaired) electrons. The summed E-state index contributed by atoms with van der Waals surface area (Å²) in [7, 11) is 0. The zero-order chi connectivity index (χ0) is 19.5. The number of hydrogen-bond acceptors (Lipinski definition) is 5. The molecule has 0 aromatic heterocycles. The molecule has 1 fully saturated rings. The third kappa shape index (κ3) is 5.39. The van der Waals surface area contributed by atoms with Crippen molar-refractivity contribution in [3.63, 3.8) is 0 Å². The van der Waals surface area contributed by atoms with E-state index in [-0.39, 0.29) is 31.7 Å². The Morgan fingerprint density at radius 3 is 2.52 bits per heavy atom. The second kappa shape index (κ2) is 9.76. The van der Waals surface area contributed by atoms with Crippen molar-refractivity contribution < 1.29 is 19.0 Å². The fourth-order valence-electron chi connectivity index (χ4n) is 3.28. The van der Waals surface area contributed by atoms with Crippen LogP contribution in [0.3, 0.4) is 0 Å². The SMILES string of the molecule is Cl.O=C(COc1ccc(Cl)cc1Cl)N1CCN(Cc2ccc3c(c2)OCO3)CC1. The second-order valence-electron chi connectivity index (χ2n) is 6.71. The molecule has 2 heterocycles. The van der Waals surface area contributed by atoms with Gasteiger partial charge in [-0.05, 0) is 35.9 Å². The minimum Gasteiger partial charge on any atom is -0.482 e. The van der Waals surface area contributed by atoms with Gasteiger partial charge in [0.15, 0.2) is 18.1 Å². The van der Waals surface area contributed by atoms with Gasteiger partial charge in [0.25, 0.3) is 5.91 Å². The van der Waals surface area contributed by atoms with Crippen molar-refractivity contribution in [1.29, 1.82) is 0 Å². The van der Waals surface area contributed by atoms with Crippen LogP contribution in [0.1, 0.15) is 5.56 Å². The third-order valence-electron chi connectivity index (χ3n) is 4.81. The largest absolute Gasteiger partial charge is 0.482 e. The molecule has 9 heteroatoms. The first-order valence-electron chi connectivity index (χ1n) is 9.05. The average molecular weight is 460 g/mol. The molecule has 0 atom stereocenters. The topological polar surface area (TPSA) is 51.2 Å². The molecule has 0 N–H and O–H groups in total. The van der Waals surface area contributed by atoms with E-state index in [0.717, 1.165) is 31.1 Å². The predicted molar refractivity (Wildman–Crippen MR) is 114 cm³/mol. The van der Waals surface area contributed by atoms with Gasteiger partial charge < -0.3 is 19.1 Å². The number of amides is 1. The summed E-state index contributed by atoms with van der Waals surface area (Å²) in [6.45, 7) is 4.01. The number of rotatable bonds is 5. The molecule has 0 unspecified atom stereocenters. The Morgan fingerprint density at radius 1 is 1.00 bits per heavy atom. The maximum absolute atomic E-state index is 12.4. The van der Waals surface area contributed by atoms with Gasteiger partial charge in [-0.15, -0.1) is 12.4 Å². The smallest absolute Gasteiger partial charge is 0.260 e. The molecule has 2 aliphatic heterocycles. The summed E-state index contributed by atoms with van der Waals surface area (Å²) in [6.07, 6.45) is 0. The highest BCUT2D eigenvalue weighted by molar-refractivity contribution is 6.35. The van der Waals surface area contributed by atoms with Crippen LogP contribution < -0.4 is 14.2 Å². The molecule has 156 valence electrons. The zero-order valence-corrected chi connectivity index (χ0v) is 17.9. The van der Waals surface area contributed by atoms with Gasteiger partial charge in [-0.1, -0.05) is 29.3 Å². The van der Waals surface area contributed by atoms with Gasteiger partial charge in [0.1, 0.15) is 5.75 Å². The number of halogens is 3. The first-order valence-corrected chi connectivity index (χ1v) is 9.80. The van der Waals surface area contributed by atoms with Gasteiger partial charge in [0.2, 0.25) is 6.79 Å². The van der Waals surface area contributed by atoms with E-state index in [1.807, 2.05) is 17.0 Å². The lowest BCUT2D eigenvalue weighted by atomic mass is 10.1. The molecule has 1 saturated heterocycles. The standard InChI is InChI=1S/C20H20Cl2N2O4.ClH/c21-15-2-4-17(16(22)10-15)26-12-20(25)24-7-5-23(6-8-24)11-14-1-3-18-19(9-14)28-13-27-18;/h1-4,9-10H,5-8,11-13H2;1H. The molecule has 4 rings (SSSR count). The van der Waals surface area contributed by atoms with E-state index in [1.54, 1.807) is 18.2 Å². The summed E-state index contributed by atoms with van der Waals surface area (Å²) in [4.78, 5) is 16.6. The van der Waals surface area contributed by atoms with Crippen LogP contribution in [0, 0.1) is 0 Å². The molecule has 0 saturated carbocycles. The molecule has 29 heavy (non-hydrogen) atoms. The lowest BCUT2D eigenvalue weighted by molar-refractivity contribution is -0.135. The number of carbonyl (C=O) groups is 1. The highest BCUT2D eigenvalue weighted by Gasteiger charge is 2.22. The summed E-state index contributed by atoms with van der Waals surface area (Å²) in [6, 6.07) is 11.0. The van der Waals surface area contributed by atoms with E-state index in [1.165, 1.54) is 5.56 Å². The Labute approximate surface area is 185 Å². The number of piperazine rings is 1. The maximum Gasteiger partial charge on any atom is 0.260 e. The van der Waals surface area contributed by atoms with Crippen LogP contribution in [0.2, 0.25) is 10.0 Å². The predicted octanol–water partition coefficient (Wildman–Crippen LogP) is 3.87. The quantitative estimate of drug-likeness (QED) is 0.679. The minimum atomic E-state index is -0.0475. The van der Waals surface area contributed by atoms with Crippen molar-refractivity contribution in [2.24, 2.45) is 0 Å². The number of nitrogens with zero attached hydrogens (tertiary/aromatic N) is 2. The van der Waals surface area contributed by atoms with Crippen molar-refractivity contribution >= 4 is 41.5 Å². The summed E-state index contributed by atoms with van der Waals surface area (Å²) < 4.78 is 16.3. The van der Waals surface area contributed by atoms with E-state index in [9.17, 15) is 4.79 Å². The van der Waals surface area contributed by atoms with Gasteiger partial charge in [0.05, 0.1) is 5.02 Å². The summed E-state index contributed by atoms with van der Waals surface area (Å²) in [5.41, 5.74) is 1.17. The molecule has 2 aliphatic rings. The lowest BCUT2D eigenvalue weighted by Crippen LogP contribution is -2.49. The molecule has 6 nitrogen and oxygen atoms in total. The van der Waals surface area contributed by atoms with E-state index < -0.39 is 0 Å². The summed E-state index contributed by atoms with van der Waals surface area (Å²) >= 11 is 11.9. The Bertz CT molecular complexity index is 873. The number of ether oxygens (including phenoxy) is 3. The number of fused-ring (bicyclic) bond motifs is 1. The summed E-state index contributed by atoms with van der Waals surface area (Å²) in [5.74, 6) is 2.00. The van der Waals surface area contributed by atoms with E-state index in [0.29, 0.717) is 28.9 Å². The van der Waals surface area contributed by atoms with E-state index in [2.05, 4.69) is 11.0 Å².